The first-order valence-electron chi connectivity index (χ1n) is 12.8. The molecular formula is C28H32FN5O. The van der Waals surface area contributed by atoms with Gasteiger partial charge in [-0.2, -0.15) is 0 Å². The minimum atomic E-state index is -0.202. The summed E-state index contributed by atoms with van der Waals surface area (Å²) >= 11 is 0. The third kappa shape index (κ3) is 4.74. The second kappa shape index (κ2) is 9.19. The standard InChI is InChI=1S/C28H32FN5O/c1-17-26-9-27(29)20(11-30-10-18-3-2-4-18)5-19(26)7-24(33-17)13-32-28(35)21-8-25(14-31-12-21)34-15-22-6-23(22)16-34/h5,7-9,12,14,18,22-23,30H,2-4,6,10-11,13,15-16H2,1H3,(H,32,35). The van der Waals surface area contributed by atoms with Crippen LogP contribution in [-0.2, 0) is 13.1 Å². The topological polar surface area (TPSA) is 70.2 Å². The Balaban J connectivity index is 1.13. The van der Waals surface area contributed by atoms with Crippen molar-refractivity contribution in [1.82, 2.24) is 20.6 Å². The van der Waals surface area contributed by atoms with Gasteiger partial charge >= 0.3 is 0 Å². The number of halogens is 1. The van der Waals surface area contributed by atoms with Crippen LogP contribution in [0.25, 0.3) is 10.8 Å². The second-order valence-electron chi connectivity index (χ2n) is 10.6. The summed E-state index contributed by atoms with van der Waals surface area (Å²) < 4.78 is 14.7. The number of pyridine rings is 2. The molecule has 1 aliphatic heterocycles. The van der Waals surface area contributed by atoms with E-state index in [1.807, 2.05) is 31.3 Å². The highest BCUT2D eigenvalue weighted by Crippen LogP contribution is 2.46. The van der Waals surface area contributed by atoms with Crippen molar-refractivity contribution in [3.8, 4) is 0 Å². The number of rotatable bonds is 8. The number of aryl methyl sites for hydroxylation is 1. The molecule has 2 atom stereocenters. The van der Waals surface area contributed by atoms with Crippen molar-refractivity contribution in [2.75, 3.05) is 24.5 Å². The van der Waals surface area contributed by atoms with Gasteiger partial charge in [-0.15, -0.1) is 0 Å². The molecule has 35 heavy (non-hydrogen) atoms. The normalized spacial score (nSPS) is 21.1. The summed E-state index contributed by atoms with van der Waals surface area (Å²) in [6.45, 7) is 5.79. The van der Waals surface area contributed by atoms with Gasteiger partial charge in [0.05, 0.1) is 29.7 Å². The molecule has 6 rings (SSSR count). The van der Waals surface area contributed by atoms with Gasteiger partial charge in [0.15, 0.2) is 0 Å². The van der Waals surface area contributed by atoms with Gasteiger partial charge in [0.25, 0.3) is 5.91 Å². The smallest absolute Gasteiger partial charge is 0.253 e. The van der Waals surface area contributed by atoms with Gasteiger partial charge in [0.2, 0.25) is 0 Å². The fourth-order valence-corrected chi connectivity index (χ4v) is 5.50. The molecule has 2 N–H and O–H groups in total. The van der Waals surface area contributed by atoms with Crippen LogP contribution in [0.15, 0.2) is 36.7 Å². The number of anilines is 1. The molecule has 6 nitrogen and oxygen atoms in total. The molecule has 0 spiro atoms. The van der Waals surface area contributed by atoms with Crippen molar-refractivity contribution in [3.05, 3.63) is 65.0 Å². The largest absolute Gasteiger partial charge is 0.370 e. The molecule has 7 heteroatoms. The first-order valence-corrected chi connectivity index (χ1v) is 12.8. The van der Waals surface area contributed by atoms with Crippen LogP contribution in [0.5, 0.6) is 0 Å². The number of amides is 1. The number of nitrogens with zero attached hydrogens (tertiary/aromatic N) is 3. The monoisotopic (exact) mass is 473 g/mol. The van der Waals surface area contributed by atoms with E-state index in [1.54, 1.807) is 12.3 Å². The van der Waals surface area contributed by atoms with E-state index < -0.39 is 0 Å². The van der Waals surface area contributed by atoms with Gasteiger partial charge in [-0.1, -0.05) is 6.42 Å². The Morgan fingerprint density at radius 1 is 1.11 bits per heavy atom. The number of nitrogens with one attached hydrogen (secondary N) is 2. The summed E-state index contributed by atoms with van der Waals surface area (Å²) in [5, 5.41) is 8.14. The molecule has 1 amide bonds. The molecule has 3 aromatic rings. The third-order valence-corrected chi connectivity index (χ3v) is 7.98. The van der Waals surface area contributed by atoms with Crippen LogP contribution in [0.2, 0.25) is 0 Å². The molecule has 2 saturated carbocycles. The third-order valence-electron chi connectivity index (χ3n) is 7.98. The number of fused-ring (bicyclic) bond motifs is 2. The minimum Gasteiger partial charge on any atom is -0.370 e. The predicted molar refractivity (Wildman–Crippen MR) is 135 cm³/mol. The number of hydrogen-bond donors (Lipinski definition) is 2. The molecule has 3 aliphatic rings. The van der Waals surface area contributed by atoms with E-state index in [2.05, 4.69) is 25.5 Å². The van der Waals surface area contributed by atoms with Crippen molar-refractivity contribution in [1.29, 1.82) is 0 Å². The van der Waals surface area contributed by atoms with Gasteiger partial charge in [-0.25, -0.2) is 4.39 Å². The highest BCUT2D eigenvalue weighted by molar-refractivity contribution is 5.94. The Bertz CT molecular complexity index is 1260. The lowest BCUT2D eigenvalue weighted by Gasteiger charge is -2.25. The Hall–Kier alpha value is -3.06. The minimum absolute atomic E-state index is 0.164. The molecular weight excluding hydrogens is 441 g/mol. The van der Waals surface area contributed by atoms with Crippen molar-refractivity contribution in [2.45, 2.75) is 45.7 Å². The van der Waals surface area contributed by atoms with Crippen molar-refractivity contribution < 1.29 is 9.18 Å². The number of benzene rings is 1. The van der Waals surface area contributed by atoms with Gasteiger partial charge in [0.1, 0.15) is 5.82 Å². The first-order chi connectivity index (χ1) is 17.0. The van der Waals surface area contributed by atoms with Gasteiger partial charge in [-0.05, 0) is 80.1 Å². The molecule has 2 aromatic heterocycles. The quantitative estimate of drug-likeness (QED) is 0.509. The molecule has 1 saturated heterocycles. The van der Waals surface area contributed by atoms with Gasteiger partial charge in [-0.3, -0.25) is 14.8 Å². The summed E-state index contributed by atoms with van der Waals surface area (Å²) in [6, 6.07) is 7.37. The van der Waals surface area contributed by atoms with E-state index in [4.69, 9.17) is 0 Å². The van der Waals surface area contributed by atoms with E-state index in [-0.39, 0.29) is 11.7 Å². The molecule has 0 radical (unpaired) electrons. The number of piperidine rings is 1. The zero-order valence-electron chi connectivity index (χ0n) is 20.2. The van der Waals surface area contributed by atoms with Crippen LogP contribution < -0.4 is 15.5 Å². The highest BCUT2D eigenvalue weighted by atomic mass is 19.1. The zero-order chi connectivity index (χ0) is 23.9. The van der Waals surface area contributed by atoms with E-state index in [0.717, 1.165) is 65.2 Å². The maximum Gasteiger partial charge on any atom is 0.253 e. The van der Waals surface area contributed by atoms with Crippen LogP contribution in [0, 0.1) is 30.5 Å². The van der Waals surface area contributed by atoms with Crippen LogP contribution in [-0.4, -0.2) is 35.5 Å². The number of carbonyl (C=O) groups is 1. The molecule has 0 bridgehead atoms. The summed E-state index contributed by atoms with van der Waals surface area (Å²) in [5.41, 5.74) is 3.76. The Morgan fingerprint density at radius 2 is 1.94 bits per heavy atom. The highest BCUT2D eigenvalue weighted by Gasteiger charge is 2.45. The van der Waals surface area contributed by atoms with Crippen molar-refractivity contribution in [2.24, 2.45) is 17.8 Å². The molecule has 3 heterocycles. The second-order valence-corrected chi connectivity index (χ2v) is 10.6. The van der Waals surface area contributed by atoms with E-state index in [0.29, 0.717) is 24.2 Å². The summed E-state index contributed by atoms with van der Waals surface area (Å²) in [4.78, 5) is 24.1. The van der Waals surface area contributed by atoms with E-state index >= 15 is 0 Å². The van der Waals surface area contributed by atoms with Crippen LogP contribution in [0.4, 0.5) is 10.1 Å². The lowest BCUT2D eigenvalue weighted by Crippen LogP contribution is -2.27. The lowest BCUT2D eigenvalue weighted by molar-refractivity contribution is 0.0950. The van der Waals surface area contributed by atoms with Crippen LogP contribution >= 0.6 is 0 Å². The fourth-order valence-electron chi connectivity index (χ4n) is 5.50. The number of aromatic nitrogens is 2. The van der Waals surface area contributed by atoms with Gasteiger partial charge in [0, 0.05) is 42.5 Å². The van der Waals surface area contributed by atoms with Crippen molar-refractivity contribution in [3.63, 3.8) is 0 Å². The average Bonchev–Trinajstić information content (AvgIpc) is 3.44. The SMILES string of the molecule is Cc1nc(CNC(=O)c2cncc(N3CC4CC4C3)c2)cc2cc(CNCC3CCC3)c(F)cc12. The fraction of sp³-hybridized carbons (Fsp3) is 0.464. The average molecular weight is 474 g/mol. The summed E-state index contributed by atoms with van der Waals surface area (Å²) in [7, 11) is 0. The first kappa shape index (κ1) is 22.4. The Kier molecular flexibility index (Phi) is 5.88. The maximum absolute atomic E-state index is 14.7. The van der Waals surface area contributed by atoms with Gasteiger partial charge < -0.3 is 15.5 Å². The molecule has 3 fully saturated rings. The van der Waals surface area contributed by atoms with Crippen LogP contribution in [0.1, 0.15) is 53.0 Å². The lowest BCUT2D eigenvalue weighted by atomic mass is 9.85. The number of carbonyl (C=O) groups excluding carboxylic acids is 1. The Labute approximate surface area is 205 Å². The van der Waals surface area contributed by atoms with Crippen LogP contribution in [0.3, 0.4) is 0 Å². The summed E-state index contributed by atoms with van der Waals surface area (Å²) in [5.74, 6) is 2.01. The Morgan fingerprint density at radius 3 is 2.71 bits per heavy atom. The molecule has 182 valence electrons. The van der Waals surface area contributed by atoms with Crippen molar-refractivity contribution >= 4 is 22.4 Å². The molecule has 2 aliphatic carbocycles. The molecule has 2 unspecified atom stereocenters. The van der Waals surface area contributed by atoms with E-state index in [1.165, 1.54) is 25.7 Å². The van der Waals surface area contributed by atoms with E-state index in [9.17, 15) is 9.18 Å². The molecule has 1 aromatic carbocycles. The zero-order valence-corrected chi connectivity index (χ0v) is 20.2. The number of hydrogen-bond acceptors (Lipinski definition) is 5. The predicted octanol–water partition coefficient (Wildman–Crippen LogP) is 4.35. The maximum atomic E-state index is 14.7. The summed E-state index contributed by atoms with van der Waals surface area (Å²) in [6.07, 6.45) is 8.64.